The number of aromatic hydroxyl groups is 1. The molecule has 0 fully saturated rings. The van der Waals surface area contributed by atoms with Crippen LogP contribution < -0.4 is 4.74 Å². The molecule has 1 unspecified atom stereocenters. The number of phenols is 1. The third-order valence-corrected chi connectivity index (χ3v) is 2.02. The Kier molecular flexibility index (Phi) is 3.68. The Balaban J connectivity index is 3.15. The van der Waals surface area contributed by atoms with Crippen molar-refractivity contribution in [2.75, 3.05) is 14.2 Å². The number of esters is 1. The molecular weight excluding hydrogens is 219 g/mol. The van der Waals surface area contributed by atoms with E-state index in [1.54, 1.807) is 0 Å². The number of carbonyl (C=O) groups excluding carboxylic acids is 1. The van der Waals surface area contributed by atoms with Crippen LogP contribution in [-0.4, -0.2) is 30.4 Å². The van der Waals surface area contributed by atoms with Gasteiger partial charge in [-0.3, -0.25) is 0 Å². The number of hydrogen-bond acceptors (Lipinski definition) is 5. The van der Waals surface area contributed by atoms with Crippen molar-refractivity contribution >= 4 is 5.97 Å². The lowest BCUT2D eigenvalue weighted by atomic mass is 10.1. The highest BCUT2D eigenvalue weighted by Gasteiger charge is 2.23. The van der Waals surface area contributed by atoms with Crippen LogP contribution in [0.1, 0.15) is 11.7 Å². The van der Waals surface area contributed by atoms with E-state index in [-0.39, 0.29) is 17.1 Å². The molecular formula is C10H11FO5. The van der Waals surface area contributed by atoms with E-state index >= 15 is 0 Å². The van der Waals surface area contributed by atoms with E-state index in [0.29, 0.717) is 0 Å². The predicted molar refractivity (Wildman–Crippen MR) is 51.6 cm³/mol. The van der Waals surface area contributed by atoms with E-state index in [1.807, 2.05) is 0 Å². The van der Waals surface area contributed by atoms with Gasteiger partial charge in [0.25, 0.3) is 0 Å². The zero-order valence-electron chi connectivity index (χ0n) is 8.73. The van der Waals surface area contributed by atoms with Gasteiger partial charge < -0.3 is 19.7 Å². The van der Waals surface area contributed by atoms with Crippen molar-refractivity contribution in [3.8, 4) is 11.5 Å². The highest BCUT2D eigenvalue weighted by atomic mass is 19.1. The van der Waals surface area contributed by atoms with Gasteiger partial charge in [0.15, 0.2) is 17.6 Å². The highest BCUT2D eigenvalue weighted by molar-refractivity contribution is 5.76. The first-order chi connectivity index (χ1) is 7.51. The lowest BCUT2D eigenvalue weighted by molar-refractivity contribution is -0.150. The number of benzene rings is 1. The van der Waals surface area contributed by atoms with Crippen LogP contribution in [0.25, 0.3) is 0 Å². The summed E-state index contributed by atoms with van der Waals surface area (Å²) in [4.78, 5) is 11.0. The smallest absolute Gasteiger partial charge is 0.339 e. The fourth-order valence-electron chi connectivity index (χ4n) is 1.17. The van der Waals surface area contributed by atoms with Crippen molar-refractivity contribution in [1.29, 1.82) is 0 Å². The average Bonchev–Trinajstić information content (AvgIpc) is 2.29. The standard InChI is InChI=1S/C10H11FO5/c1-15-8-4-6(11)5(3-7(8)12)9(13)10(14)16-2/h3-4,9,12-13H,1-2H3. The largest absolute Gasteiger partial charge is 0.504 e. The molecule has 0 aliphatic rings. The normalized spacial score (nSPS) is 12.0. The maximum atomic E-state index is 13.4. The van der Waals surface area contributed by atoms with Crippen molar-refractivity contribution < 1.29 is 28.9 Å². The topological polar surface area (TPSA) is 76.0 Å². The highest BCUT2D eigenvalue weighted by Crippen LogP contribution is 2.31. The Labute approximate surface area is 91.0 Å². The van der Waals surface area contributed by atoms with Crippen molar-refractivity contribution in [3.05, 3.63) is 23.5 Å². The molecule has 6 heteroatoms. The van der Waals surface area contributed by atoms with Gasteiger partial charge in [-0.05, 0) is 6.07 Å². The van der Waals surface area contributed by atoms with Gasteiger partial charge in [-0.2, -0.15) is 0 Å². The third-order valence-electron chi connectivity index (χ3n) is 2.02. The SMILES string of the molecule is COC(=O)C(O)c1cc(O)c(OC)cc1F. The second kappa shape index (κ2) is 4.80. The minimum absolute atomic E-state index is 0.0849. The molecule has 0 bridgehead atoms. The molecule has 16 heavy (non-hydrogen) atoms. The first kappa shape index (κ1) is 12.3. The molecule has 0 spiro atoms. The van der Waals surface area contributed by atoms with E-state index < -0.39 is 17.9 Å². The molecule has 1 aromatic carbocycles. The Morgan fingerprint density at radius 3 is 2.56 bits per heavy atom. The molecule has 1 atom stereocenters. The first-order valence-electron chi connectivity index (χ1n) is 4.33. The molecule has 0 amide bonds. The Bertz CT molecular complexity index is 404. The monoisotopic (exact) mass is 230 g/mol. The summed E-state index contributed by atoms with van der Waals surface area (Å²) in [6.07, 6.45) is -1.78. The molecule has 5 nitrogen and oxygen atoms in total. The summed E-state index contributed by atoms with van der Waals surface area (Å²) >= 11 is 0. The van der Waals surface area contributed by atoms with Crippen LogP contribution >= 0.6 is 0 Å². The number of hydrogen-bond donors (Lipinski definition) is 2. The molecule has 88 valence electrons. The van der Waals surface area contributed by atoms with Gasteiger partial charge in [0.1, 0.15) is 5.82 Å². The van der Waals surface area contributed by atoms with Crippen molar-refractivity contribution in [3.63, 3.8) is 0 Å². The summed E-state index contributed by atoms with van der Waals surface area (Å²) in [5.74, 6) is -2.34. The molecule has 0 aromatic heterocycles. The van der Waals surface area contributed by atoms with Crippen molar-refractivity contribution in [1.82, 2.24) is 0 Å². The molecule has 0 radical (unpaired) electrons. The van der Waals surface area contributed by atoms with Gasteiger partial charge in [-0.25, -0.2) is 9.18 Å². The molecule has 0 aliphatic carbocycles. The average molecular weight is 230 g/mol. The minimum Gasteiger partial charge on any atom is -0.504 e. The quantitative estimate of drug-likeness (QED) is 0.749. The molecule has 0 saturated carbocycles. The molecule has 0 aliphatic heterocycles. The number of phenolic OH excluding ortho intramolecular Hbond substituents is 1. The number of rotatable bonds is 3. The van der Waals surface area contributed by atoms with Crippen molar-refractivity contribution in [2.45, 2.75) is 6.10 Å². The van der Waals surface area contributed by atoms with Gasteiger partial charge >= 0.3 is 5.97 Å². The van der Waals surface area contributed by atoms with Crippen LogP contribution in [-0.2, 0) is 9.53 Å². The zero-order valence-corrected chi connectivity index (χ0v) is 8.73. The number of ether oxygens (including phenoxy) is 2. The molecule has 0 saturated heterocycles. The molecule has 1 rings (SSSR count). The molecule has 0 heterocycles. The van der Waals surface area contributed by atoms with Crippen LogP contribution in [0.3, 0.4) is 0 Å². The second-order valence-electron chi connectivity index (χ2n) is 2.97. The maximum Gasteiger partial charge on any atom is 0.339 e. The van der Waals surface area contributed by atoms with Gasteiger partial charge in [0.05, 0.1) is 14.2 Å². The van der Waals surface area contributed by atoms with E-state index in [0.717, 1.165) is 19.2 Å². The second-order valence-corrected chi connectivity index (χ2v) is 2.97. The molecule has 1 aromatic rings. The summed E-state index contributed by atoms with van der Waals surface area (Å²) in [7, 11) is 2.32. The van der Waals surface area contributed by atoms with Gasteiger partial charge in [0, 0.05) is 11.6 Å². The van der Waals surface area contributed by atoms with Crippen LogP contribution in [0, 0.1) is 5.82 Å². The number of aliphatic hydroxyl groups is 1. The maximum absolute atomic E-state index is 13.4. The Morgan fingerprint density at radius 1 is 1.44 bits per heavy atom. The first-order valence-corrected chi connectivity index (χ1v) is 4.33. The third kappa shape index (κ3) is 2.22. The predicted octanol–water partition coefficient (Wildman–Crippen LogP) is 0.746. The lowest BCUT2D eigenvalue weighted by Crippen LogP contribution is -2.14. The number of halogens is 1. The Hall–Kier alpha value is -1.82. The summed E-state index contributed by atoms with van der Waals surface area (Å²) in [5.41, 5.74) is -0.370. The summed E-state index contributed by atoms with van der Waals surface area (Å²) in [6.45, 7) is 0. The van der Waals surface area contributed by atoms with Gasteiger partial charge in [-0.1, -0.05) is 0 Å². The summed E-state index contributed by atoms with van der Waals surface area (Å²) in [6, 6.07) is 1.78. The number of methoxy groups -OCH3 is 2. The van der Waals surface area contributed by atoms with E-state index in [1.165, 1.54) is 7.11 Å². The van der Waals surface area contributed by atoms with Gasteiger partial charge in [0.2, 0.25) is 0 Å². The number of aliphatic hydroxyl groups excluding tert-OH is 1. The number of carbonyl (C=O) groups is 1. The fourth-order valence-corrected chi connectivity index (χ4v) is 1.17. The fraction of sp³-hybridized carbons (Fsp3) is 0.300. The van der Waals surface area contributed by atoms with Crippen molar-refractivity contribution in [2.24, 2.45) is 0 Å². The van der Waals surface area contributed by atoms with E-state index in [9.17, 15) is 19.4 Å². The molecule has 2 N–H and O–H groups in total. The van der Waals surface area contributed by atoms with Crippen LogP contribution in [0.2, 0.25) is 0 Å². The van der Waals surface area contributed by atoms with E-state index in [4.69, 9.17) is 0 Å². The minimum atomic E-state index is -1.78. The zero-order chi connectivity index (χ0) is 12.3. The van der Waals surface area contributed by atoms with Gasteiger partial charge in [-0.15, -0.1) is 0 Å². The summed E-state index contributed by atoms with van der Waals surface area (Å²) in [5, 5.41) is 18.8. The van der Waals surface area contributed by atoms with Crippen LogP contribution in [0.5, 0.6) is 11.5 Å². The lowest BCUT2D eigenvalue weighted by Gasteiger charge is -2.11. The van der Waals surface area contributed by atoms with Crippen LogP contribution in [0.4, 0.5) is 4.39 Å². The van der Waals surface area contributed by atoms with Crippen LogP contribution in [0.15, 0.2) is 12.1 Å². The summed E-state index contributed by atoms with van der Waals surface area (Å²) < 4.78 is 22.3. The Morgan fingerprint density at radius 2 is 2.06 bits per heavy atom. The van der Waals surface area contributed by atoms with E-state index in [2.05, 4.69) is 9.47 Å².